The molecule has 2 rings (SSSR count). The maximum absolute atomic E-state index is 13.6. The molecule has 0 aliphatic carbocycles. The molecule has 3 nitrogen and oxygen atoms in total. The first kappa shape index (κ1) is 12.2. The van der Waals surface area contributed by atoms with Gasteiger partial charge in [-0.2, -0.15) is 0 Å². The minimum atomic E-state index is -0.930. The highest BCUT2D eigenvalue weighted by molar-refractivity contribution is 9.10. The van der Waals surface area contributed by atoms with Crippen molar-refractivity contribution in [1.82, 2.24) is 0 Å². The molecule has 1 heterocycles. The monoisotopic (exact) mass is 303 g/mol. The second-order valence-electron chi connectivity index (χ2n) is 3.69. The van der Waals surface area contributed by atoms with Crippen molar-refractivity contribution in [2.45, 2.75) is 19.3 Å². The van der Waals surface area contributed by atoms with Gasteiger partial charge in [-0.1, -0.05) is 15.9 Å². The van der Waals surface area contributed by atoms with E-state index in [4.69, 9.17) is 0 Å². The summed E-state index contributed by atoms with van der Waals surface area (Å²) in [6, 6.07) is 2.04. The van der Waals surface area contributed by atoms with E-state index in [2.05, 4.69) is 15.9 Å². The van der Waals surface area contributed by atoms with E-state index >= 15 is 0 Å². The van der Waals surface area contributed by atoms with Crippen LogP contribution < -0.4 is 4.90 Å². The van der Waals surface area contributed by atoms with Crippen LogP contribution in [0.4, 0.5) is 14.5 Å². The van der Waals surface area contributed by atoms with Gasteiger partial charge in [0.05, 0.1) is 0 Å². The quantitative estimate of drug-likeness (QED) is 0.748. The van der Waals surface area contributed by atoms with Crippen molar-refractivity contribution in [3.05, 3.63) is 28.2 Å². The van der Waals surface area contributed by atoms with E-state index in [0.717, 1.165) is 12.1 Å². The van der Waals surface area contributed by atoms with Crippen molar-refractivity contribution in [1.29, 1.82) is 0 Å². The molecule has 0 saturated carbocycles. The second kappa shape index (κ2) is 4.52. The van der Waals surface area contributed by atoms with E-state index in [1.807, 2.05) is 0 Å². The molecule has 0 radical (unpaired) electrons. The molecule has 90 valence electrons. The van der Waals surface area contributed by atoms with Gasteiger partial charge in [-0.25, -0.2) is 13.7 Å². The number of benzene rings is 1. The Balaban J connectivity index is 2.52. The number of carbonyl (C=O) groups excluding carboxylic acids is 2. The minimum absolute atomic E-state index is 0.126. The third kappa shape index (κ3) is 2.22. The van der Waals surface area contributed by atoms with Gasteiger partial charge >= 0.3 is 0 Å². The van der Waals surface area contributed by atoms with Crippen molar-refractivity contribution in [2.24, 2.45) is 0 Å². The molecule has 1 aromatic rings. The van der Waals surface area contributed by atoms with Crippen LogP contribution in [0.1, 0.15) is 19.3 Å². The van der Waals surface area contributed by atoms with Crippen molar-refractivity contribution in [3.63, 3.8) is 0 Å². The summed E-state index contributed by atoms with van der Waals surface area (Å²) in [5.74, 6) is -3.00. The predicted octanol–water partition coefficient (Wildman–Crippen LogP) is 2.77. The van der Waals surface area contributed by atoms with Gasteiger partial charge in [-0.3, -0.25) is 9.59 Å². The Bertz CT molecular complexity index is 465. The minimum Gasteiger partial charge on any atom is -0.274 e. The van der Waals surface area contributed by atoms with Crippen molar-refractivity contribution in [3.8, 4) is 0 Å². The number of anilines is 1. The summed E-state index contributed by atoms with van der Waals surface area (Å²) in [6.07, 6.45) is 0.676. The first-order chi connectivity index (χ1) is 8.00. The molecule has 1 fully saturated rings. The largest absolute Gasteiger partial charge is 0.274 e. The Morgan fingerprint density at radius 3 is 2.00 bits per heavy atom. The maximum atomic E-state index is 13.6. The molecule has 0 bridgehead atoms. The Hall–Kier alpha value is -1.30. The van der Waals surface area contributed by atoms with Crippen LogP contribution in [-0.2, 0) is 9.59 Å². The molecule has 1 saturated heterocycles. The lowest BCUT2D eigenvalue weighted by Gasteiger charge is -2.25. The van der Waals surface area contributed by atoms with Gasteiger partial charge in [0.15, 0.2) is 11.6 Å². The second-order valence-corrected chi connectivity index (χ2v) is 4.61. The third-order valence-electron chi connectivity index (χ3n) is 2.49. The van der Waals surface area contributed by atoms with Gasteiger partial charge in [-0.05, 0) is 18.6 Å². The lowest BCUT2D eigenvalue weighted by molar-refractivity contribution is -0.129. The van der Waals surface area contributed by atoms with Crippen LogP contribution in [0.25, 0.3) is 0 Å². The molecular weight excluding hydrogens is 296 g/mol. The van der Waals surface area contributed by atoms with E-state index in [9.17, 15) is 18.4 Å². The lowest BCUT2D eigenvalue weighted by Crippen LogP contribution is -2.41. The first-order valence-electron chi connectivity index (χ1n) is 5.01. The van der Waals surface area contributed by atoms with Crippen LogP contribution >= 0.6 is 15.9 Å². The molecule has 17 heavy (non-hydrogen) atoms. The molecule has 0 atom stereocenters. The number of rotatable bonds is 1. The Kier molecular flexibility index (Phi) is 3.24. The molecule has 0 aromatic heterocycles. The third-order valence-corrected chi connectivity index (χ3v) is 2.94. The van der Waals surface area contributed by atoms with Gasteiger partial charge in [-0.15, -0.1) is 0 Å². The Labute approximate surface area is 105 Å². The molecule has 0 unspecified atom stereocenters. The van der Waals surface area contributed by atoms with Crippen molar-refractivity contribution in [2.75, 3.05) is 4.90 Å². The standard InChI is InChI=1S/C11H8BrF2NO2/c12-6-4-7(13)11(8(14)5-6)15-9(16)2-1-3-10(15)17/h4-5H,1-3H2. The number of piperidine rings is 1. The van der Waals surface area contributed by atoms with Crippen LogP contribution in [0.3, 0.4) is 0 Å². The molecule has 6 heteroatoms. The summed E-state index contributed by atoms with van der Waals surface area (Å²) in [4.78, 5) is 23.7. The zero-order valence-corrected chi connectivity index (χ0v) is 10.3. The van der Waals surface area contributed by atoms with Gasteiger partial charge in [0.1, 0.15) is 5.69 Å². The SMILES string of the molecule is O=C1CCCC(=O)N1c1c(F)cc(Br)cc1F. The lowest BCUT2D eigenvalue weighted by atomic mass is 10.1. The molecule has 1 aromatic carbocycles. The summed E-state index contributed by atoms with van der Waals surface area (Å²) in [6.45, 7) is 0. The fourth-order valence-electron chi connectivity index (χ4n) is 1.75. The van der Waals surface area contributed by atoms with Crippen molar-refractivity contribution >= 4 is 33.4 Å². The van der Waals surface area contributed by atoms with E-state index in [-0.39, 0.29) is 17.3 Å². The normalized spacial score (nSPS) is 16.5. The highest BCUT2D eigenvalue weighted by atomic mass is 79.9. The Morgan fingerprint density at radius 2 is 1.53 bits per heavy atom. The summed E-state index contributed by atoms with van der Waals surface area (Å²) >= 11 is 2.93. The fraction of sp³-hybridized carbons (Fsp3) is 0.273. The number of nitrogens with zero attached hydrogens (tertiary/aromatic N) is 1. The smallest absolute Gasteiger partial charge is 0.233 e. The van der Waals surface area contributed by atoms with E-state index in [1.165, 1.54) is 0 Å². The number of imide groups is 1. The zero-order chi connectivity index (χ0) is 12.6. The summed E-state index contributed by atoms with van der Waals surface area (Å²) in [7, 11) is 0. The number of hydrogen-bond acceptors (Lipinski definition) is 2. The van der Waals surface area contributed by atoms with Crippen LogP contribution in [0, 0.1) is 11.6 Å². The highest BCUT2D eigenvalue weighted by Gasteiger charge is 2.31. The van der Waals surface area contributed by atoms with Gasteiger partial charge in [0.2, 0.25) is 11.8 Å². The molecule has 1 aliphatic rings. The average Bonchev–Trinajstić information content (AvgIpc) is 2.21. The van der Waals surface area contributed by atoms with E-state index in [1.54, 1.807) is 0 Å². The number of carbonyl (C=O) groups is 2. The zero-order valence-electron chi connectivity index (χ0n) is 8.67. The van der Waals surface area contributed by atoms with Crippen LogP contribution in [0.2, 0.25) is 0 Å². The van der Waals surface area contributed by atoms with Crippen molar-refractivity contribution < 1.29 is 18.4 Å². The molecule has 1 aliphatic heterocycles. The maximum Gasteiger partial charge on any atom is 0.233 e. The molecule has 0 spiro atoms. The van der Waals surface area contributed by atoms with E-state index in [0.29, 0.717) is 11.3 Å². The molecule has 0 N–H and O–H groups in total. The van der Waals surface area contributed by atoms with E-state index < -0.39 is 29.1 Å². The topological polar surface area (TPSA) is 37.4 Å². The van der Waals surface area contributed by atoms with Gasteiger partial charge < -0.3 is 0 Å². The number of hydrogen-bond donors (Lipinski definition) is 0. The van der Waals surface area contributed by atoms with Crippen LogP contribution in [-0.4, -0.2) is 11.8 Å². The number of halogens is 3. The molecule has 2 amide bonds. The molecular formula is C11H8BrF2NO2. The van der Waals surface area contributed by atoms with Crippen LogP contribution in [0.5, 0.6) is 0 Å². The first-order valence-corrected chi connectivity index (χ1v) is 5.80. The summed E-state index contributed by atoms with van der Waals surface area (Å²) < 4.78 is 27.5. The Morgan fingerprint density at radius 1 is 1.06 bits per heavy atom. The number of amides is 2. The van der Waals surface area contributed by atoms with Gasteiger partial charge in [0, 0.05) is 17.3 Å². The highest BCUT2D eigenvalue weighted by Crippen LogP contribution is 2.30. The fourth-order valence-corrected chi connectivity index (χ4v) is 2.15. The van der Waals surface area contributed by atoms with Gasteiger partial charge in [0.25, 0.3) is 0 Å². The van der Waals surface area contributed by atoms with Crippen LogP contribution in [0.15, 0.2) is 16.6 Å². The average molecular weight is 304 g/mol. The summed E-state index contributed by atoms with van der Waals surface area (Å²) in [5.41, 5.74) is -0.581. The predicted molar refractivity (Wildman–Crippen MR) is 60.4 cm³/mol. The summed E-state index contributed by atoms with van der Waals surface area (Å²) in [5, 5.41) is 0.